The number of nitrogens with one attached hydrogen (secondary N) is 1. The van der Waals surface area contributed by atoms with E-state index >= 15 is 0 Å². The van der Waals surface area contributed by atoms with Crippen molar-refractivity contribution >= 4 is 5.91 Å². The predicted molar refractivity (Wildman–Crippen MR) is 83.1 cm³/mol. The first-order valence-electron chi connectivity index (χ1n) is 7.89. The van der Waals surface area contributed by atoms with Crippen LogP contribution in [0, 0.1) is 5.82 Å². The van der Waals surface area contributed by atoms with Crippen molar-refractivity contribution < 1.29 is 13.6 Å². The Balaban J connectivity index is 1.67. The van der Waals surface area contributed by atoms with Gasteiger partial charge >= 0.3 is 0 Å². The van der Waals surface area contributed by atoms with Crippen LogP contribution in [0.15, 0.2) is 40.8 Å². The summed E-state index contributed by atoms with van der Waals surface area (Å²) in [6, 6.07) is 9.70. The molecule has 0 radical (unpaired) electrons. The second-order valence-electron chi connectivity index (χ2n) is 5.83. The number of benzene rings is 1. The summed E-state index contributed by atoms with van der Waals surface area (Å²) in [4.78, 5) is 12.3. The number of halogens is 1. The largest absolute Gasteiger partial charge is 0.451 e. The van der Waals surface area contributed by atoms with Crippen LogP contribution in [0.1, 0.15) is 49.1 Å². The molecule has 0 aliphatic heterocycles. The van der Waals surface area contributed by atoms with Crippen LogP contribution in [-0.4, -0.2) is 11.9 Å². The van der Waals surface area contributed by atoms with E-state index in [-0.39, 0.29) is 17.8 Å². The fourth-order valence-electron chi connectivity index (χ4n) is 2.91. The van der Waals surface area contributed by atoms with Crippen molar-refractivity contribution in [2.45, 2.75) is 44.6 Å². The lowest BCUT2D eigenvalue weighted by Crippen LogP contribution is -2.34. The molecular weight excluding hydrogens is 281 g/mol. The average Bonchev–Trinajstić information content (AvgIpc) is 2.88. The third-order valence-electron chi connectivity index (χ3n) is 4.15. The van der Waals surface area contributed by atoms with Crippen LogP contribution < -0.4 is 5.32 Å². The molecule has 0 spiro atoms. The highest BCUT2D eigenvalue weighted by molar-refractivity contribution is 5.92. The molecule has 0 bridgehead atoms. The molecule has 1 aliphatic rings. The second-order valence-corrected chi connectivity index (χ2v) is 5.83. The molecular formula is C18H20FNO2. The smallest absolute Gasteiger partial charge is 0.287 e. The molecule has 116 valence electrons. The first-order chi connectivity index (χ1) is 10.7. The van der Waals surface area contributed by atoms with Crippen LogP contribution >= 0.6 is 0 Å². The van der Waals surface area contributed by atoms with E-state index in [0.29, 0.717) is 11.5 Å². The topological polar surface area (TPSA) is 42.2 Å². The van der Waals surface area contributed by atoms with E-state index < -0.39 is 0 Å². The minimum Gasteiger partial charge on any atom is -0.451 e. The molecule has 1 amide bonds. The van der Waals surface area contributed by atoms with Gasteiger partial charge in [-0.3, -0.25) is 4.79 Å². The van der Waals surface area contributed by atoms with Crippen LogP contribution in [0.2, 0.25) is 0 Å². The van der Waals surface area contributed by atoms with Crippen LogP contribution in [-0.2, 0) is 0 Å². The molecule has 1 aliphatic carbocycles. The van der Waals surface area contributed by atoms with Crippen molar-refractivity contribution in [2.75, 3.05) is 0 Å². The molecule has 4 heteroatoms. The van der Waals surface area contributed by atoms with Gasteiger partial charge in [0.2, 0.25) is 0 Å². The highest BCUT2D eigenvalue weighted by Crippen LogP contribution is 2.23. The number of rotatable bonds is 3. The van der Waals surface area contributed by atoms with Gasteiger partial charge in [-0.05, 0) is 49.2 Å². The summed E-state index contributed by atoms with van der Waals surface area (Å²) < 4.78 is 18.5. The lowest BCUT2D eigenvalue weighted by Gasteiger charge is -2.14. The molecule has 2 aromatic rings. The van der Waals surface area contributed by atoms with Gasteiger partial charge in [0, 0.05) is 11.6 Å². The van der Waals surface area contributed by atoms with Crippen molar-refractivity contribution in [3.63, 3.8) is 0 Å². The number of carbonyl (C=O) groups excluding carboxylic acids is 1. The number of amides is 1. The number of carbonyl (C=O) groups is 1. The summed E-state index contributed by atoms with van der Waals surface area (Å²) >= 11 is 0. The lowest BCUT2D eigenvalue weighted by molar-refractivity contribution is 0.0906. The lowest BCUT2D eigenvalue weighted by atomic mass is 10.1. The molecule has 1 N–H and O–H groups in total. The summed E-state index contributed by atoms with van der Waals surface area (Å²) in [5, 5.41) is 3.06. The van der Waals surface area contributed by atoms with E-state index in [1.165, 1.54) is 37.8 Å². The van der Waals surface area contributed by atoms with E-state index in [1.54, 1.807) is 24.3 Å². The third-order valence-corrected chi connectivity index (χ3v) is 4.15. The average molecular weight is 301 g/mol. The standard InChI is InChI=1S/C18H20FNO2/c19-14-9-7-13(8-10-14)16-11-12-17(22-16)18(21)20-15-5-3-1-2-4-6-15/h7-12,15H,1-6H2,(H,20,21). The minimum absolute atomic E-state index is 0.166. The Hall–Kier alpha value is -2.10. The van der Waals surface area contributed by atoms with Gasteiger partial charge in [0.05, 0.1) is 0 Å². The Morgan fingerprint density at radius 3 is 2.36 bits per heavy atom. The molecule has 0 saturated heterocycles. The highest BCUT2D eigenvalue weighted by atomic mass is 19.1. The van der Waals surface area contributed by atoms with E-state index in [9.17, 15) is 9.18 Å². The quantitative estimate of drug-likeness (QED) is 0.846. The maximum atomic E-state index is 12.9. The molecule has 1 heterocycles. The summed E-state index contributed by atoms with van der Waals surface area (Å²) in [5.41, 5.74) is 0.759. The Morgan fingerprint density at radius 2 is 1.68 bits per heavy atom. The Bertz CT molecular complexity index is 625. The van der Waals surface area contributed by atoms with Gasteiger partial charge in [0.1, 0.15) is 11.6 Å². The molecule has 1 aromatic carbocycles. The fraction of sp³-hybridized carbons (Fsp3) is 0.389. The zero-order valence-corrected chi connectivity index (χ0v) is 12.5. The summed E-state index contributed by atoms with van der Waals surface area (Å²) in [7, 11) is 0. The Morgan fingerprint density at radius 1 is 1.00 bits per heavy atom. The van der Waals surface area contributed by atoms with Crippen molar-refractivity contribution in [1.29, 1.82) is 0 Å². The molecule has 1 saturated carbocycles. The van der Waals surface area contributed by atoms with Gasteiger partial charge in [0.25, 0.3) is 5.91 Å². The van der Waals surface area contributed by atoms with Gasteiger partial charge in [-0.15, -0.1) is 0 Å². The maximum Gasteiger partial charge on any atom is 0.287 e. The van der Waals surface area contributed by atoms with E-state index in [2.05, 4.69) is 5.32 Å². The van der Waals surface area contributed by atoms with Gasteiger partial charge in [-0.1, -0.05) is 25.7 Å². The molecule has 3 rings (SSSR count). The number of hydrogen-bond acceptors (Lipinski definition) is 2. The zero-order valence-electron chi connectivity index (χ0n) is 12.5. The van der Waals surface area contributed by atoms with Crippen LogP contribution in [0.5, 0.6) is 0 Å². The van der Waals surface area contributed by atoms with Crippen molar-refractivity contribution in [3.8, 4) is 11.3 Å². The number of hydrogen-bond donors (Lipinski definition) is 1. The molecule has 0 atom stereocenters. The second kappa shape index (κ2) is 6.77. The maximum absolute atomic E-state index is 12.9. The molecule has 22 heavy (non-hydrogen) atoms. The third kappa shape index (κ3) is 3.56. The summed E-state index contributed by atoms with van der Waals surface area (Å²) in [6.07, 6.45) is 6.92. The predicted octanol–water partition coefficient (Wildman–Crippen LogP) is 4.54. The molecule has 1 fully saturated rings. The molecule has 3 nitrogen and oxygen atoms in total. The summed E-state index contributed by atoms with van der Waals surface area (Å²) in [5.74, 6) is 0.427. The van der Waals surface area contributed by atoms with Crippen molar-refractivity contribution in [1.82, 2.24) is 5.32 Å². The highest BCUT2D eigenvalue weighted by Gasteiger charge is 2.18. The van der Waals surface area contributed by atoms with E-state index in [0.717, 1.165) is 18.4 Å². The minimum atomic E-state index is -0.290. The first-order valence-corrected chi connectivity index (χ1v) is 7.89. The van der Waals surface area contributed by atoms with Crippen LogP contribution in [0.4, 0.5) is 4.39 Å². The monoisotopic (exact) mass is 301 g/mol. The zero-order chi connectivity index (χ0) is 15.4. The van der Waals surface area contributed by atoms with E-state index in [4.69, 9.17) is 4.42 Å². The SMILES string of the molecule is O=C(NC1CCCCCC1)c1ccc(-c2ccc(F)cc2)o1. The van der Waals surface area contributed by atoms with Gasteiger partial charge < -0.3 is 9.73 Å². The Kier molecular flexibility index (Phi) is 4.56. The first kappa shape index (κ1) is 14.8. The van der Waals surface area contributed by atoms with Crippen molar-refractivity contribution in [3.05, 3.63) is 48.0 Å². The van der Waals surface area contributed by atoms with Gasteiger partial charge in [0.15, 0.2) is 5.76 Å². The number of furan rings is 1. The van der Waals surface area contributed by atoms with Gasteiger partial charge in [-0.25, -0.2) is 4.39 Å². The van der Waals surface area contributed by atoms with Crippen LogP contribution in [0.3, 0.4) is 0 Å². The fourth-order valence-corrected chi connectivity index (χ4v) is 2.91. The van der Waals surface area contributed by atoms with E-state index in [1.807, 2.05) is 0 Å². The molecule has 1 aromatic heterocycles. The van der Waals surface area contributed by atoms with Crippen molar-refractivity contribution in [2.24, 2.45) is 0 Å². The Labute approximate surface area is 129 Å². The summed E-state index contributed by atoms with van der Waals surface area (Å²) in [6.45, 7) is 0. The van der Waals surface area contributed by atoms with Gasteiger partial charge in [-0.2, -0.15) is 0 Å². The normalized spacial score (nSPS) is 16.2. The molecule has 0 unspecified atom stereocenters. The van der Waals surface area contributed by atoms with Crippen LogP contribution in [0.25, 0.3) is 11.3 Å².